The molecule has 0 aromatic rings. The minimum atomic E-state index is 1.09. The fourth-order valence-corrected chi connectivity index (χ4v) is 4.95. The number of rotatable bonds is 4. The first kappa shape index (κ1) is 10.1. The molecule has 4 aliphatic rings. The predicted octanol–water partition coefficient (Wildman–Crippen LogP) is 3.06. The molecule has 1 nitrogen and oxygen atoms in total. The van der Waals surface area contributed by atoms with Gasteiger partial charge in [-0.3, -0.25) is 0 Å². The lowest BCUT2D eigenvalue weighted by Crippen LogP contribution is -2.45. The summed E-state index contributed by atoms with van der Waals surface area (Å²) in [6, 6.07) is 0. The molecule has 4 fully saturated rings. The highest BCUT2D eigenvalue weighted by atomic mass is 14.8. The van der Waals surface area contributed by atoms with E-state index in [1.807, 2.05) is 0 Å². The molecule has 86 valence electrons. The van der Waals surface area contributed by atoms with E-state index in [0.29, 0.717) is 0 Å². The molecule has 0 unspecified atom stereocenters. The lowest BCUT2D eigenvalue weighted by atomic mass is 9.51. The summed E-state index contributed by atoms with van der Waals surface area (Å²) in [6.45, 7) is 4.63. The third-order valence-electron chi connectivity index (χ3n) is 5.33. The average molecular weight is 207 g/mol. The Hall–Kier alpha value is -0.0400. The van der Waals surface area contributed by atoms with Gasteiger partial charge < -0.3 is 5.32 Å². The van der Waals surface area contributed by atoms with Crippen LogP contribution in [0.15, 0.2) is 0 Å². The van der Waals surface area contributed by atoms with Gasteiger partial charge in [0, 0.05) is 0 Å². The van der Waals surface area contributed by atoms with Crippen molar-refractivity contribution in [3.05, 3.63) is 0 Å². The van der Waals surface area contributed by atoms with Crippen LogP contribution in [-0.2, 0) is 0 Å². The Labute approximate surface area is 94.0 Å². The minimum absolute atomic E-state index is 1.09. The van der Waals surface area contributed by atoms with Gasteiger partial charge in [0.15, 0.2) is 0 Å². The van der Waals surface area contributed by atoms with Crippen LogP contribution in [0.4, 0.5) is 0 Å². The van der Waals surface area contributed by atoms with Crippen LogP contribution < -0.4 is 5.32 Å². The summed E-state index contributed by atoms with van der Waals surface area (Å²) in [6.07, 6.45) is 9.40. The van der Waals surface area contributed by atoms with Crippen molar-refractivity contribution in [1.82, 2.24) is 5.32 Å². The van der Waals surface area contributed by atoms with E-state index in [0.717, 1.165) is 36.1 Å². The Morgan fingerprint density at radius 3 is 2.07 bits per heavy atom. The first-order valence-corrected chi connectivity index (χ1v) is 7.07. The van der Waals surface area contributed by atoms with E-state index in [2.05, 4.69) is 12.2 Å². The zero-order valence-electron chi connectivity index (χ0n) is 10.0. The first-order chi connectivity index (χ1) is 7.36. The molecule has 0 aromatic carbocycles. The predicted molar refractivity (Wildman–Crippen MR) is 63.7 cm³/mol. The Morgan fingerprint density at radius 1 is 0.933 bits per heavy atom. The van der Waals surface area contributed by atoms with Crippen LogP contribution in [0, 0.1) is 29.6 Å². The summed E-state index contributed by atoms with van der Waals surface area (Å²) in [5.41, 5.74) is 0. The molecule has 4 saturated carbocycles. The standard InChI is InChI=1S/C14H25N/c1-2-15-4-3-14-12-6-10-5-11(8-12)9-13(14)7-10/h10-15H,2-9H2,1H3. The molecule has 0 radical (unpaired) electrons. The lowest BCUT2D eigenvalue weighted by molar-refractivity contribution is -0.0392. The van der Waals surface area contributed by atoms with Gasteiger partial charge >= 0.3 is 0 Å². The van der Waals surface area contributed by atoms with Gasteiger partial charge in [0.2, 0.25) is 0 Å². The van der Waals surface area contributed by atoms with E-state index in [1.54, 1.807) is 32.1 Å². The Morgan fingerprint density at radius 2 is 1.53 bits per heavy atom. The van der Waals surface area contributed by atoms with Crippen molar-refractivity contribution in [1.29, 1.82) is 0 Å². The van der Waals surface area contributed by atoms with Crippen LogP contribution in [0.5, 0.6) is 0 Å². The van der Waals surface area contributed by atoms with Crippen molar-refractivity contribution in [3.63, 3.8) is 0 Å². The van der Waals surface area contributed by atoms with Crippen LogP contribution in [0.1, 0.15) is 45.4 Å². The maximum atomic E-state index is 3.51. The third-order valence-corrected chi connectivity index (χ3v) is 5.33. The molecule has 0 amide bonds. The second kappa shape index (κ2) is 4.08. The number of hydrogen-bond donors (Lipinski definition) is 1. The van der Waals surface area contributed by atoms with Crippen molar-refractivity contribution in [2.75, 3.05) is 13.1 Å². The molecule has 4 aliphatic carbocycles. The first-order valence-electron chi connectivity index (χ1n) is 7.07. The van der Waals surface area contributed by atoms with Crippen molar-refractivity contribution in [3.8, 4) is 0 Å². The second-order valence-corrected chi connectivity index (χ2v) is 6.24. The van der Waals surface area contributed by atoms with E-state index < -0.39 is 0 Å². The van der Waals surface area contributed by atoms with E-state index >= 15 is 0 Å². The van der Waals surface area contributed by atoms with Gasteiger partial charge in [0.05, 0.1) is 0 Å². The molecule has 4 bridgehead atoms. The highest BCUT2D eigenvalue weighted by Crippen LogP contribution is 2.57. The van der Waals surface area contributed by atoms with Gasteiger partial charge in [0.25, 0.3) is 0 Å². The number of nitrogens with one attached hydrogen (secondary N) is 1. The summed E-state index contributed by atoms with van der Waals surface area (Å²) < 4.78 is 0. The molecule has 0 saturated heterocycles. The minimum Gasteiger partial charge on any atom is -0.317 e. The van der Waals surface area contributed by atoms with E-state index in [-0.39, 0.29) is 0 Å². The highest BCUT2D eigenvalue weighted by Gasteiger charge is 2.47. The molecule has 0 atom stereocenters. The Bertz CT molecular complexity index is 195. The van der Waals surface area contributed by atoms with Gasteiger partial charge in [-0.1, -0.05) is 6.92 Å². The summed E-state index contributed by atoms with van der Waals surface area (Å²) in [4.78, 5) is 0. The molecule has 4 rings (SSSR count). The Kier molecular flexibility index (Phi) is 2.76. The van der Waals surface area contributed by atoms with Crippen molar-refractivity contribution in [2.24, 2.45) is 29.6 Å². The molecule has 0 aromatic heterocycles. The van der Waals surface area contributed by atoms with Gasteiger partial charge in [-0.05, 0) is 81.2 Å². The summed E-state index contributed by atoms with van der Waals surface area (Å²) in [7, 11) is 0. The molecular formula is C14H25N. The topological polar surface area (TPSA) is 12.0 Å². The van der Waals surface area contributed by atoms with E-state index in [1.165, 1.54) is 13.0 Å². The van der Waals surface area contributed by atoms with Crippen molar-refractivity contribution >= 4 is 0 Å². The summed E-state index contributed by atoms with van der Waals surface area (Å²) in [5, 5.41) is 3.51. The summed E-state index contributed by atoms with van der Waals surface area (Å²) in [5.74, 6) is 5.63. The molecule has 0 aliphatic heterocycles. The van der Waals surface area contributed by atoms with Gasteiger partial charge in [-0.2, -0.15) is 0 Å². The SMILES string of the molecule is CCNCCC1C2CC3CC(C2)CC1C3. The quantitative estimate of drug-likeness (QED) is 0.699. The summed E-state index contributed by atoms with van der Waals surface area (Å²) >= 11 is 0. The average Bonchev–Trinajstić information content (AvgIpc) is 2.21. The monoisotopic (exact) mass is 207 g/mol. The molecular weight excluding hydrogens is 182 g/mol. The third kappa shape index (κ3) is 1.84. The van der Waals surface area contributed by atoms with Crippen LogP contribution in [0.25, 0.3) is 0 Å². The second-order valence-electron chi connectivity index (χ2n) is 6.24. The maximum absolute atomic E-state index is 3.51. The largest absolute Gasteiger partial charge is 0.317 e. The fourth-order valence-electron chi connectivity index (χ4n) is 4.95. The number of hydrogen-bond acceptors (Lipinski definition) is 1. The van der Waals surface area contributed by atoms with Crippen molar-refractivity contribution < 1.29 is 0 Å². The van der Waals surface area contributed by atoms with Gasteiger partial charge in [-0.15, -0.1) is 0 Å². The maximum Gasteiger partial charge on any atom is -0.00462 e. The highest BCUT2D eigenvalue weighted by molar-refractivity contribution is 4.97. The zero-order valence-corrected chi connectivity index (χ0v) is 10.0. The van der Waals surface area contributed by atoms with E-state index in [9.17, 15) is 0 Å². The normalized spacial score (nSPS) is 47.4. The Balaban J connectivity index is 1.60. The molecule has 0 spiro atoms. The van der Waals surface area contributed by atoms with Crippen LogP contribution >= 0.6 is 0 Å². The van der Waals surface area contributed by atoms with Crippen LogP contribution in [0.3, 0.4) is 0 Å². The molecule has 1 N–H and O–H groups in total. The van der Waals surface area contributed by atoms with Crippen LogP contribution in [0.2, 0.25) is 0 Å². The lowest BCUT2D eigenvalue weighted by Gasteiger charge is -2.54. The smallest absolute Gasteiger partial charge is 0.00462 e. The molecule has 1 heteroatoms. The van der Waals surface area contributed by atoms with Crippen LogP contribution in [-0.4, -0.2) is 13.1 Å². The zero-order chi connectivity index (χ0) is 10.3. The van der Waals surface area contributed by atoms with E-state index in [4.69, 9.17) is 0 Å². The molecule has 15 heavy (non-hydrogen) atoms. The van der Waals surface area contributed by atoms with Crippen molar-refractivity contribution in [2.45, 2.75) is 45.4 Å². The van der Waals surface area contributed by atoms with Gasteiger partial charge in [0.1, 0.15) is 0 Å². The van der Waals surface area contributed by atoms with Gasteiger partial charge in [-0.25, -0.2) is 0 Å². The fraction of sp³-hybridized carbons (Fsp3) is 1.00. The molecule has 0 heterocycles.